The van der Waals surface area contributed by atoms with E-state index < -0.39 is 0 Å². The molecule has 0 aliphatic heterocycles. The van der Waals surface area contributed by atoms with Crippen molar-refractivity contribution in [1.29, 1.82) is 0 Å². The predicted molar refractivity (Wildman–Crippen MR) is 76.3 cm³/mol. The van der Waals surface area contributed by atoms with Crippen LogP contribution in [-0.2, 0) is 0 Å². The third-order valence-electron chi connectivity index (χ3n) is 3.12. The van der Waals surface area contributed by atoms with E-state index in [-0.39, 0.29) is 13.2 Å². The Labute approximate surface area is 110 Å². The normalized spacial score (nSPS) is 10.7. The Balaban J connectivity index is 2.95. The van der Waals surface area contributed by atoms with Gasteiger partial charge in [-0.1, -0.05) is 17.7 Å². The highest BCUT2D eigenvalue weighted by molar-refractivity contribution is 5.60. The molecule has 0 bridgehead atoms. The van der Waals surface area contributed by atoms with Crippen molar-refractivity contribution in [2.45, 2.75) is 33.6 Å². The summed E-state index contributed by atoms with van der Waals surface area (Å²) in [5.41, 5.74) is 5.06. The fourth-order valence-electron chi connectivity index (χ4n) is 2.53. The highest BCUT2D eigenvalue weighted by atomic mass is 16.3. The maximum absolute atomic E-state index is 8.99. The number of hydrogen-bond donors (Lipinski definition) is 2. The van der Waals surface area contributed by atoms with E-state index in [0.29, 0.717) is 0 Å². The molecule has 0 saturated carbocycles. The molecule has 0 heterocycles. The lowest BCUT2D eigenvalue weighted by Crippen LogP contribution is -2.28. The summed E-state index contributed by atoms with van der Waals surface area (Å²) >= 11 is 0. The van der Waals surface area contributed by atoms with Crippen molar-refractivity contribution in [3.8, 4) is 0 Å². The molecular weight excluding hydrogens is 226 g/mol. The minimum Gasteiger partial charge on any atom is -0.396 e. The SMILES string of the molecule is Cc1cc(C)c(N(CCCO)CCCO)c(C)c1. The van der Waals surface area contributed by atoms with E-state index >= 15 is 0 Å². The van der Waals surface area contributed by atoms with E-state index in [9.17, 15) is 0 Å². The molecule has 0 aliphatic rings. The van der Waals surface area contributed by atoms with Gasteiger partial charge in [-0.3, -0.25) is 0 Å². The topological polar surface area (TPSA) is 43.7 Å². The van der Waals surface area contributed by atoms with Crippen molar-refractivity contribution in [2.24, 2.45) is 0 Å². The molecule has 0 aromatic heterocycles. The number of aliphatic hydroxyl groups is 2. The van der Waals surface area contributed by atoms with Crippen LogP contribution in [0, 0.1) is 20.8 Å². The number of benzene rings is 1. The number of aliphatic hydroxyl groups excluding tert-OH is 2. The smallest absolute Gasteiger partial charge is 0.0447 e. The van der Waals surface area contributed by atoms with Gasteiger partial charge in [-0.05, 0) is 44.7 Å². The third-order valence-corrected chi connectivity index (χ3v) is 3.12. The van der Waals surface area contributed by atoms with E-state index in [0.717, 1.165) is 25.9 Å². The summed E-state index contributed by atoms with van der Waals surface area (Å²) in [5.74, 6) is 0. The minimum absolute atomic E-state index is 0.208. The molecule has 0 unspecified atom stereocenters. The lowest BCUT2D eigenvalue weighted by molar-refractivity contribution is 0.282. The Morgan fingerprint density at radius 3 is 1.72 bits per heavy atom. The molecule has 0 amide bonds. The Kier molecular flexibility index (Phi) is 6.16. The fourth-order valence-corrected chi connectivity index (χ4v) is 2.53. The first-order valence-corrected chi connectivity index (χ1v) is 6.64. The molecule has 3 heteroatoms. The molecule has 0 spiro atoms. The van der Waals surface area contributed by atoms with E-state index in [1.54, 1.807) is 0 Å². The van der Waals surface area contributed by atoms with Crippen molar-refractivity contribution >= 4 is 5.69 Å². The summed E-state index contributed by atoms with van der Waals surface area (Å²) in [7, 11) is 0. The summed E-state index contributed by atoms with van der Waals surface area (Å²) in [5, 5.41) is 18.0. The van der Waals surface area contributed by atoms with Crippen LogP contribution in [0.1, 0.15) is 29.5 Å². The number of hydrogen-bond acceptors (Lipinski definition) is 3. The first-order valence-electron chi connectivity index (χ1n) is 6.64. The highest BCUT2D eigenvalue weighted by Crippen LogP contribution is 2.26. The molecule has 0 atom stereocenters. The molecule has 0 saturated heterocycles. The van der Waals surface area contributed by atoms with Crippen molar-refractivity contribution in [3.63, 3.8) is 0 Å². The van der Waals surface area contributed by atoms with Crippen LogP contribution < -0.4 is 4.90 Å². The van der Waals surface area contributed by atoms with Crippen LogP contribution in [0.3, 0.4) is 0 Å². The summed E-state index contributed by atoms with van der Waals surface area (Å²) in [6, 6.07) is 4.38. The van der Waals surface area contributed by atoms with Crippen LogP contribution in [0.5, 0.6) is 0 Å². The monoisotopic (exact) mass is 251 g/mol. The van der Waals surface area contributed by atoms with Gasteiger partial charge in [0.15, 0.2) is 0 Å². The second kappa shape index (κ2) is 7.39. The first kappa shape index (κ1) is 15.0. The van der Waals surface area contributed by atoms with Crippen LogP contribution in [0.25, 0.3) is 0 Å². The summed E-state index contributed by atoms with van der Waals surface area (Å²) in [6.07, 6.45) is 1.52. The number of aryl methyl sites for hydroxylation is 3. The van der Waals surface area contributed by atoms with Crippen LogP contribution in [0.15, 0.2) is 12.1 Å². The molecule has 0 aliphatic carbocycles. The number of nitrogens with zero attached hydrogens (tertiary/aromatic N) is 1. The lowest BCUT2D eigenvalue weighted by Gasteiger charge is -2.28. The summed E-state index contributed by atoms with van der Waals surface area (Å²) in [4.78, 5) is 2.27. The minimum atomic E-state index is 0.208. The van der Waals surface area contributed by atoms with Gasteiger partial charge in [-0.15, -0.1) is 0 Å². The molecule has 1 aromatic rings. The molecule has 1 rings (SSSR count). The van der Waals surface area contributed by atoms with Crippen molar-refractivity contribution in [2.75, 3.05) is 31.2 Å². The van der Waals surface area contributed by atoms with E-state index in [1.165, 1.54) is 22.4 Å². The maximum atomic E-state index is 8.99. The molecule has 0 fully saturated rings. The average molecular weight is 251 g/mol. The number of anilines is 1. The molecule has 0 radical (unpaired) electrons. The second-order valence-corrected chi connectivity index (χ2v) is 4.89. The summed E-state index contributed by atoms with van der Waals surface area (Å²) in [6.45, 7) is 8.44. The first-order chi connectivity index (χ1) is 8.60. The molecular formula is C15H25NO2. The van der Waals surface area contributed by atoms with E-state index in [4.69, 9.17) is 10.2 Å². The second-order valence-electron chi connectivity index (χ2n) is 4.89. The zero-order valence-electron chi connectivity index (χ0n) is 11.7. The van der Waals surface area contributed by atoms with Crippen LogP contribution in [0.2, 0.25) is 0 Å². The van der Waals surface area contributed by atoms with Gasteiger partial charge >= 0.3 is 0 Å². The Morgan fingerprint density at radius 2 is 1.33 bits per heavy atom. The number of rotatable bonds is 7. The zero-order valence-corrected chi connectivity index (χ0v) is 11.7. The van der Waals surface area contributed by atoms with E-state index in [1.807, 2.05) is 0 Å². The van der Waals surface area contributed by atoms with Gasteiger partial charge in [0.2, 0.25) is 0 Å². The Bertz CT molecular complexity index is 346. The standard InChI is InChI=1S/C15H25NO2/c1-12-10-13(2)15(14(3)11-12)16(6-4-8-17)7-5-9-18/h10-11,17-18H,4-9H2,1-3H3. The largest absolute Gasteiger partial charge is 0.396 e. The fraction of sp³-hybridized carbons (Fsp3) is 0.600. The van der Waals surface area contributed by atoms with Crippen LogP contribution in [0.4, 0.5) is 5.69 Å². The van der Waals surface area contributed by atoms with Gasteiger partial charge < -0.3 is 15.1 Å². The molecule has 2 N–H and O–H groups in total. The van der Waals surface area contributed by atoms with Crippen LogP contribution >= 0.6 is 0 Å². The third kappa shape index (κ3) is 4.00. The zero-order chi connectivity index (χ0) is 13.5. The van der Waals surface area contributed by atoms with Gasteiger partial charge in [0.25, 0.3) is 0 Å². The van der Waals surface area contributed by atoms with Crippen molar-refractivity contribution in [1.82, 2.24) is 0 Å². The molecule has 102 valence electrons. The molecule has 18 heavy (non-hydrogen) atoms. The van der Waals surface area contributed by atoms with Gasteiger partial charge in [-0.25, -0.2) is 0 Å². The van der Waals surface area contributed by atoms with Crippen molar-refractivity contribution in [3.05, 3.63) is 28.8 Å². The van der Waals surface area contributed by atoms with Gasteiger partial charge in [-0.2, -0.15) is 0 Å². The van der Waals surface area contributed by atoms with Crippen molar-refractivity contribution < 1.29 is 10.2 Å². The van der Waals surface area contributed by atoms with E-state index in [2.05, 4.69) is 37.8 Å². The lowest BCUT2D eigenvalue weighted by atomic mass is 10.0. The van der Waals surface area contributed by atoms with Crippen LogP contribution in [-0.4, -0.2) is 36.5 Å². The Morgan fingerprint density at radius 1 is 0.889 bits per heavy atom. The van der Waals surface area contributed by atoms with Gasteiger partial charge in [0.1, 0.15) is 0 Å². The predicted octanol–water partition coefficient (Wildman–Crippen LogP) is 2.18. The highest BCUT2D eigenvalue weighted by Gasteiger charge is 2.12. The quantitative estimate of drug-likeness (QED) is 0.780. The molecule has 3 nitrogen and oxygen atoms in total. The summed E-state index contributed by atoms with van der Waals surface area (Å²) < 4.78 is 0. The molecule has 1 aromatic carbocycles. The Hall–Kier alpha value is -1.06. The average Bonchev–Trinajstić information content (AvgIpc) is 2.30. The van der Waals surface area contributed by atoms with Gasteiger partial charge in [0.05, 0.1) is 0 Å². The maximum Gasteiger partial charge on any atom is 0.0447 e. The van der Waals surface area contributed by atoms with Gasteiger partial charge in [0, 0.05) is 32.0 Å².